The number of rotatable bonds is 5. The van der Waals surface area contributed by atoms with Gasteiger partial charge in [-0.15, -0.1) is 0 Å². The topological polar surface area (TPSA) is 71.9 Å². The summed E-state index contributed by atoms with van der Waals surface area (Å²) in [6.07, 6.45) is 3.34. The molecule has 1 saturated heterocycles. The third-order valence-electron chi connectivity index (χ3n) is 5.94. The number of hydrogen-bond acceptors (Lipinski definition) is 5. The molecule has 1 fully saturated rings. The molecule has 0 unspecified atom stereocenters. The van der Waals surface area contributed by atoms with Crippen LogP contribution in [0.4, 0.5) is 0 Å². The first kappa shape index (κ1) is 19.5. The number of hydrogen-bond donors (Lipinski definition) is 1. The van der Waals surface area contributed by atoms with Crippen molar-refractivity contribution in [2.45, 2.75) is 45.7 Å². The largest absolute Gasteiger partial charge is 0.497 e. The molecule has 0 amide bonds. The van der Waals surface area contributed by atoms with Gasteiger partial charge in [0.15, 0.2) is 5.65 Å². The Labute approximate surface area is 170 Å². The van der Waals surface area contributed by atoms with Gasteiger partial charge in [-0.2, -0.15) is 0 Å². The van der Waals surface area contributed by atoms with E-state index in [0.717, 1.165) is 60.8 Å². The predicted octanol–water partition coefficient (Wildman–Crippen LogP) is 3.38. The van der Waals surface area contributed by atoms with E-state index in [-0.39, 0.29) is 11.6 Å². The Morgan fingerprint density at radius 2 is 2.00 bits per heavy atom. The van der Waals surface area contributed by atoms with Gasteiger partial charge in [-0.3, -0.25) is 14.8 Å². The van der Waals surface area contributed by atoms with Crippen molar-refractivity contribution in [1.82, 2.24) is 19.5 Å². The minimum absolute atomic E-state index is 0.0319. The summed E-state index contributed by atoms with van der Waals surface area (Å²) in [4.78, 5) is 19.6. The fourth-order valence-electron chi connectivity index (χ4n) is 4.16. The number of ether oxygens (including phenoxy) is 2. The van der Waals surface area contributed by atoms with Crippen LogP contribution < -0.4 is 15.0 Å². The monoisotopic (exact) mass is 396 g/mol. The van der Waals surface area contributed by atoms with Crippen LogP contribution in [0.15, 0.2) is 29.1 Å². The number of aromatic amines is 1. The van der Waals surface area contributed by atoms with Gasteiger partial charge in [-0.05, 0) is 51.4 Å². The van der Waals surface area contributed by atoms with Gasteiger partial charge in [0, 0.05) is 29.4 Å². The van der Waals surface area contributed by atoms with Gasteiger partial charge in [-0.25, -0.2) is 9.50 Å². The summed E-state index contributed by atoms with van der Waals surface area (Å²) < 4.78 is 12.5. The molecule has 1 N–H and O–H groups in total. The molecular weight excluding hydrogens is 368 g/mol. The average molecular weight is 396 g/mol. The number of fused-ring (bicyclic) bond motifs is 1. The van der Waals surface area contributed by atoms with Gasteiger partial charge in [0.1, 0.15) is 11.5 Å². The molecule has 2 aromatic heterocycles. The van der Waals surface area contributed by atoms with Crippen molar-refractivity contribution in [2.24, 2.45) is 0 Å². The molecule has 0 spiro atoms. The number of aromatic nitrogens is 3. The maximum Gasteiger partial charge on any atom is 0.275 e. The van der Waals surface area contributed by atoms with Crippen molar-refractivity contribution in [3.05, 3.63) is 57.1 Å². The minimum atomic E-state index is -0.0319. The normalized spacial score (nSPS) is 17.6. The lowest BCUT2D eigenvalue weighted by atomic mass is 9.98. The lowest BCUT2D eigenvalue weighted by Crippen LogP contribution is -2.33. The summed E-state index contributed by atoms with van der Waals surface area (Å²) in [6.45, 7) is 5.44. The molecule has 7 nitrogen and oxygen atoms in total. The molecule has 3 aromatic rings. The van der Waals surface area contributed by atoms with Crippen LogP contribution in [-0.2, 0) is 6.54 Å². The van der Waals surface area contributed by atoms with Gasteiger partial charge in [-0.1, -0.05) is 6.42 Å². The van der Waals surface area contributed by atoms with E-state index < -0.39 is 0 Å². The van der Waals surface area contributed by atoms with Crippen LogP contribution in [0.5, 0.6) is 11.5 Å². The van der Waals surface area contributed by atoms with Gasteiger partial charge in [0.05, 0.1) is 26.0 Å². The Hall–Kier alpha value is -2.80. The molecule has 0 saturated carbocycles. The number of nitrogens with zero attached hydrogens (tertiary/aromatic N) is 3. The number of benzene rings is 1. The van der Waals surface area contributed by atoms with E-state index in [4.69, 9.17) is 9.47 Å². The number of methoxy groups -OCH3 is 2. The molecule has 1 aromatic carbocycles. The Bertz CT molecular complexity index is 1090. The predicted molar refractivity (Wildman–Crippen MR) is 112 cm³/mol. The van der Waals surface area contributed by atoms with E-state index >= 15 is 0 Å². The summed E-state index contributed by atoms with van der Waals surface area (Å²) in [5.74, 6) is 1.68. The first-order valence-corrected chi connectivity index (χ1v) is 10.1. The molecule has 1 aliphatic rings. The zero-order chi connectivity index (χ0) is 20.5. The summed E-state index contributed by atoms with van der Waals surface area (Å²) >= 11 is 0. The Morgan fingerprint density at radius 3 is 2.76 bits per heavy atom. The number of likely N-dealkylation sites (tertiary alicyclic amines) is 1. The fourth-order valence-corrected chi connectivity index (χ4v) is 4.16. The lowest BCUT2D eigenvalue weighted by molar-refractivity contribution is 0.135. The number of nitrogens with one attached hydrogen (secondary N) is 1. The van der Waals surface area contributed by atoms with Crippen LogP contribution in [-0.4, -0.2) is 40.3 Å². The molecular formula is C22H28N4O3. The summed E-state index contributed by atoms with van der Waals surface area (Å²) in [5, 5.41) is 3.31. The molecule has 1 aliphatic heterocycles. The molecule has 0 aliphatic carbocycles. The van der Waals surface area contributed by atoms with Crippen LogP contribution >= 0.6 is 0 Å². The van der Waals surface area contributed by atoms with E-state index in [2.05, 4.69) is 15.0 Å². The highest BCUT2D eigenvalue weighted by Crippen LogP contribution is 2.34. The number of aryl methyl sites for hydroxylation is 1. The van der Waals surface area contributed by atoms with Crippen molar-refractivity contribution in [3.63, 3.8) is 0 Å². The molecule has 154 valence electrons. The van der Waals surface area contributed by atoms with Gasteiger partial charge >= 0.3 is 0 Å². The summed E-state index contributed by atoms with van der Waals surface area (Å²) in [7, 11) is 3.37. The van der Waals surface area contributed by atoms with E-state index in [0.29, 0.717) is 11.2 Å². The van der Waals surface area contributed by atoms with Gasteiger partial charge in [0.2, 0.25) is 0 Å². The van der Waals surface area contributed by atoms with E-state index in [1.165, 1.54) is 0 Å². The van der Waals surface area contributed by atoms with Crippen LogP contribution in [0.2, 0.25) is 0 Å². The number of H-pyrrole nitrogens is 1. The molecule has 4 rings (SSSR count). The molecule has 1 atom stereocenters. The lowest BCUT2D eigenvalue weighted by Gasteiger charge is -2.35. The molecule has 0 radical (unpaired) electrons. The quantitative estimate of drug-likeness (QED) is 0.716. The fraction of sp³-hybridized carbons (Fsp3) is 0.455. The van der Waals surface area contributed by atoms with Crippen LogP contribution in [0, 0.1) is 13.8 Å². The molecule has 3 heterocycles. The molecule has 29 heavy (non-hydrogen) atoms. The first-order chi connectivity index (χ1) is 14.0. The van der Waals surface area contributed by atoms with Crippen LogP contribution in [0.1, 0.15) is 47.8 Å². The smallest absolute Gasteiger partial charge is 0.275 e. The summed E-state index contributed by atoms with van der Waals surface area (Å²) in [5.41, 5.74) is 4.23. The highest BCUT2D eigenvalue weighted by Gasteiger charge is 2.27. The highest BCUT2D eigenvalue weighted by atomic mass is 16.5. The van der Waals surface area contributed by atoms with Crippen molar-refractivity contribution in [2.75, 3.05) is 20.8 Å². The summed E-state index contributed by atoms with van der Waals surface area (Å²) in [6, 6.07) is 8.11. The third-order valence-corrected chi connectivity index (χ3v) is 5.94. The molecule has 7 heteroatoms. The van der Waals surface area contributed by atoms with E-state index in [1.807, 2.05) is 38.1 Å². The Balaban J connectivity index is 1.69. The Morgan fingerprint density at radius 1 is 1.17 bits per heavy atom. The zero-order valence-electron chi connectivity index (χ0n) is 17.5. The average Bonchev–Trinajstić information content (AvgIpc) is 3.16. The Kier molecular flexibility index (Phi) is 5.32. The van der Waals surface area contributed by atoms with Crippen molar-refractivity contribution in [3.8, 4) is 11.5 Å². The third kappa shape index (κ3) is 3.62. The van der Waals surface area contributed by atoms with E-state index in [1.54, 1.807) is 18.7 Å². The second-order valence-electron chi connectivity index (χ2n) is 7.69. The SMILES string of the molecule is COc1ccc(OC)c(CN2CCCC[C@H]2c2cc3nc(C)c(C)c(=O)n3[nH]2)c1. The second kappa shape index (κ2) is 7.91. The molecule has 0 bridgehead atoms. The number of piperidine rings is 1. The first-order valence-electron chi connectivity index (χ1n) is 10.1. The second-order valence-corrected chi connectivity index (χ2v) is 7.69. The highest BCUT2D eigenvalue weighted by molar-refractivity contribution is 5.43. The van der Waals surface area contributed by atoms with Crippen LogP contribution in [0.25, 0.3) is 5.65 Å². The van der Waals surface area contributed by atoms with Gasteiger partial charge in [0.25, 0.3) is 5.56 Å². The maximum absolute atomic E-state index is 12.6. The van der Waals surface area contributed by atoms with Crippen molar-refractivity contribution < 1.29 is 9.47 Å². The standard InChI is InChI=1S/C22H28N4O3/c1-14-15(2)23-21-12-18(24-26(21)22(14)27)19-7-5-6-10-25(19)13-16-11-17(28-3)8-9-20(16)29-4/h8-9,11-12,19,24H,5-7,10,13H2,1-4H3/t19-/m0/s1. The van der Waals surface area contributed by atoms with Crippen LogP contribution in [0.3, 0.4) is 0 Å². The maximum atomic E-state index is 12.6. The van der Waals surface area contributed by atoms with Crippen molar-refractivity contribution >= 4 is 5.65 Å². The van der Waals surface area contributed by atoms with Crippen molar-refractivity contribution in [1.29, 1.82) is 0 Å². The minimum Gasteiger partial charge on any atom is -0.497 e. The zero-order valence-corrected chi connectivity index (χ0v) is 17.5. The van der Waals surface area contributed by atoms with Gasteiger partial charge < -0.3 is 9.47 Å². The van der Waals surface area contributed by atoms with E-state index in [9.17, 15) is 4.79 Å².